The van der Waals surface area contributed by atoms with Crippen LogP contribution in [0.25, 0.3) is 16.7 Å². The summed E-state index contributed by atoms with van der Waals surface area (Å²) in [5.74, 6) is 0.544. The first-order valence-corrected chi connectivity index (χ1v) is 11.5. The Morgan fingerprint density at radius 3 is 2.38 bits per heavy atom. The van der Waals surface area contributed by atoms with Crippen molar-refractivity contribution in [2.45, 2.75) is 26.4 Å². The Labute approximate surface area is 205 Å². The van der Waals surface area contributed by atoms with Crippen LogP contribution in [0, 0.1) is 0 Å². The Balaban J connectivity index is 1.59. The fourth-order valence-corrected chi connectivity index (χ4v) is 3.73. The minimum absolute atomic E-state index is 0.319. The number of aliphatic carboxylic acids is 1. The maximum atomic E-state index is 11.2. The van der Waals surface area contributed by atoms with Crippen molar-refractivity contribution < 1.29 is 24.1 Å². The monoisotopic (exact) mass is 480 g/mol. The molecule has 0 bridgehead atoms. The van der Waals surface area contributed by atoms with E-state index in [0.717, 1.165) is 39.3 Å². The summed E-state index contributed by atoms with van der Waals surface area (Å²) in [5.41, 5.74) is 5.06. The fraction of sp³-hybridized carbons (Fsp3) is 0.250. The second-order valence-corrected chi connectivity index (χ2v) is 8.19. The molecule has 0 spiro atoms. The van der Waals surface area contributed by atoms with E-state index in [2.05, 4.69) is 12.1 Å². The quantitative estimate of drug-likeness (QED) is 0.338. The van der Waals surface area contributed by atoms with E-state index in [0.29, 0.717) is 24.7 Å². The van der Waals surface area contributed by atoms with Gasteiger partial charge in [0.15, 0.2) is 6.10 Å². The number of hydrogen-bond donors (Lipinski definition) is 1. The third-order valence-electron chi connectivity index (χ3n) is 5.44. The van der Waals surface area contributed by atoms with Gasteiger partial charge in [0, 0.05) is 23.6 Å². The van der Waals surface area contributed by atoms with Crippen molar-refractivity contribution in [2.24, 2.45) is 0 Å². The summed E-state index contributed by atoms with van der Waals surface area (Å²) in [6.45, 7) is 4.61. The molecular weight excluding hydrogens is 452 g/mol. The molecule has 0 aliphatic heterocycles. The molecule has 5 nitrogen and oxygen atoms in total. The van der Waals surface area contributed by atoms with E-state index >= 15 is 0 Å². The number of ether oxygens (including phenoxy) is 3. The summed E-state index contributed by atoms with van der Waals surface area (Å²) in [6.07, 6.45) is 1.51. The summed E-state index contributed by atoms with van der Waals surface area (Å²) in [7, 11) is 1.65. The van der Waals surface area contributed by atoms with Crippen LogP contribution in [-0.4, -0.2) is 37.5 Å². The van der Waals surface area contributed by atoms with E-state index < -0.39 is 12.1 Å². The Hall–Kier alpha value is -3.28. The zero-order valence-electron chi connectivity index (χ0n) is 19.6. The highest BCUT2D eigenvalue weighted by Gasteiger charge is 2.17. The molecule has 0 saturated heterocycles. The van der Waals surface area contributed by atoms with Crippen LogP contribution in [0.4, 0.5) is 0 Å². The molecule has 3 aromatic rings. The van der Waals surface area contributed by atoms with E-state index in [9.17, 15) is 9.90 Å². The lowest BCUT2D eigenvalue weighted by Crippen LogP contribution is -2.26. The van der Waals surface area contributed by atoms with Gasteiger partial charge >= 0.3 is 5.97 Å². The number of benzene rings is 3. The van der Waals surface area contributed by atoms with Crippen molar-refractivity contribution in [1.82, 2.24) is 0 Å². The first-order valence-electron chi connectivity index (χ1n) is 11.1. The van der Waals surface area contributed by atoms with Crippen LogP contribution in [0.2, 0.25) is 5.02 Å². The molecule has 1 atom stereocenters. The number of carboxylic acid groups (broad SMARTS) is 1. The summed E-state index contributed by atoms with van der Waals surface area (Å²) in [6, 6.07) is 21.2. The number of carboxylic acids is 1. The van der Waals surface area contributed by atoms with Crippen molar-refractivity contribution in [3.63, 3.8) is 0 Å². The lowest BCUT2D eigenvalue weighted by molar-refractivity contribution is -0.149. The van der Waals surface area contributed by atoms with Gasteiger partial charge in [-0.15, -0.1) is 0 Å². The summed E-state index contributed by atoms with van der Waals surface area (Å²) < 4.78 is 16.6. The topological polar surface area (TPSA) is 65.0 Å². The van der Waals surface area contributed by atoms with Crippen molar-refractivity contribution in [3.8, 4) is 22.6 Å². The summed E-state index contributed by atoms with van der Waals surface area (Å²) in [4.78, 5) is 11.2. The molecule has 0 heterocycles. The molecule has 0 aliphatic carbocycles. The predicted molar refractivity (Wildman–Crippen MR) is 136 cm³/mol. The van der Waals surface area contributed by atoms with Crippen LogP contribution in [0.1, 0.15) is 25.0 Å². The smallest absolute Gasteiger partial charge is 0.333 e. The van der Waals surface area contributed by atoms with Crippen molar-refractivity contribution >= 4 is 23.1 Å². The molecule has 6 heteroatoms. The largest absolute Gasteiger partial charge is 0.496 e. The number of allylic oxidation sites excluding steroid dienone is 1. The number of carbonyl (C=O) groups is 1. The second kappa shape index (κ2) is 12.3. The average Bonchev–Trinajstić information content (AvgIpc) is 2.84. The molecule has 0 unspecified atom stereocenters. The number of rotatable bonds is 11. The number of methoxy groups -OCH3 is 1. The molecular formula is C28H29ClO5. The molecule has 1 N–H and O–H groups in total. The average molecular weight is 481 g/mol. The van der Waals surface area contributed by atoms with Crippen LogP contribution >= 0.6 is 11.6 Å². The molecule has 0 radical (unpaired) electrons. The lowest BCUT2D eigenvalue weighted by Gasteiger charge is -2.12. The van der Waals surface area contributed by atoms with Crippen LogP contribution in [0.5, 0.6) is 11.5 Å². The van der Waals surface area contributed by atoms with E-state index in [1.165, 1.54) is 0 Å². The minimum Gasteiger partial charge on any atom is -0.496 e. The molecule has 3 aromatic carbocycles. The Kier molecular flexibility index (Phi) is 9.14. The molecule has 0 aromatic heterocycles. The molecule has 0 saturated carbocycles. The third kappa shape index (κ3) is 6.86. The van der Waals surface area contributed by atoms with Gasteiger partial charge in [-0.1, -0.05) is 48.0 Å². The highest BCUT2D eigenvalue weighted by atomic mass is 35.5. The van der Waals surface area contributed by atoms with Crippen LogP contribution in [-0.2, 0) is 16.0 Å². The van der Waals surface area contributed by atoms with E-state index in [4.69, 9.17) is 25.8 Å². The molecule has 178 valence electrons. The SMILES string of the molecule is CCO[C@@H](Cc1ccc(OCC=C(C)c2ccc(-c3cc(Cl)ccc3OC)cc2)cc1)C(=O)O. The Bertz CT molecular complexity index is 1120. The van der Waals surface area contributed by atoms with Gasteiger partial charge in [0.05, 0.1) is 7.11 Å². The highest BCUT2D eigenvalue weighted by molar-refractivity contribution is 6.31. The standard InChI is InChI=1S/C28H29ClO5/c1-4-33-27(28(30)31)17-20-5-12-24(13-6-20)34-16-15-19(2)21-7-9-22(10-8-21)25-18-23(29)11-14-26(25)32-3/h5-15,18,27H,4,16-17H2,1-3H3,(H,30,31)/t27-/m0/s1. The zero-order valence-corrected chi connectivity index (χ0v) is 20.3. The molecule has 34 heavy (non-hydrogen) atoms. The second-order valence-electron chi connectivity index (χ2n) is 7.75. The third-order valence-corrected chi connectivity index (χ3v) is 5.68. The minimum atomic E-state index is -0.956. The summed E-state index contributed by atoms with van der Waals surface area (Å²) >= 11 is 6.16. The van der Waals surface area contributed by atoms with Crippen molar-refractivity contribution in [2.75, 3.05) is 20.3 Å². The number of hydrogen-bond acceptors (Lipinski definition) is 4. The Morgan fingerprint density at radius 1 is 1.06 bits per heavy atom. The van der Waals surface area contributed by atoms with Gasteiger partial charge in [0.1, 0.15) is 18.1 Å². The van der Waals surface area contributed by atoms with Crippen molar-refractivity contribution in [1.29, 1.82) is 0 Å². The van der Waals surface area contributed by atoms with E-state index in [-0.39, 0.29) is 0 Å². The van der Waals surface area contributed by atoms with Gasteiger partial charge in [-0.3, -0.25) is 0 Å². The Morgan fingerprint density at radius 2 is 1.76 bits per heavy atom. The molecule has 0 amide bonds. The van der Waals surface area contributed by atoms with Gasteiger partial charge in [0.2, 0.25) is 0 Å². The lowest BCUT2D eigenvalue weighted by atomic mass is 10.0. The van der Waals surface area contributed by atoms with Gasteiger partial charge in [-0.05, 0) is 72.5 Å². The van der Waals surface area contributed by atoms with Gasteiger partial charge in [-0.2, -0.15) is 0 Å². The van der Waals surface area contributed by atoms with E-state index in [1.807, 2.05) is 67.6 Å². The fourth-order valence-electron chi connectivity index (χ4n) is 3.55. The molecule has 3 rings (SSSR count). The molecule has 0 aliphatic rings. The highest BCUT2D eigenvalue weighted by Crippen LogP contribution is 2.33. The maximum absolute atomic E-state index is 11.2. The van der Waals surface area contributed by atoms with Crippen LogP contribution < -0.4 is 9.47 Å². The maximum Gasteiger partial charge on any atom is 0.333 e. The number of halogens is 1. The first-order chi connectivity index (χ1) is 16.4. The normalized spacial score (nSPS) is 12.3. The van der Waals surface area contributed by atoms with Crippen molar-refractivity contribution in [3.05, 3.63) is 89.0 Å². The zero-order chi connectivity index (χ0) is 24.5. The first kappa shape index (κ1) is 25.3. The van der Waals surface area contributed by atoms with Gasteiger partial charge in [-0.25, -0.2) is 4.79 Å². The van der Waals surface area contributed by atoms with Crippen LogP contribution in [0.3, 0.4) is 0 Å². The summed E-state index contributed by atoms with van der Waals surface area (Å²) in [5, 5.41) is 9.89. The van der Waals surface area contributed by atoms with E-state index in [1.54, 1.807) is 14.0 Å². The molecule has 0 fully saturated rings. The van der Waals surface area contributed by atoms with Crippen LogP contribution in [0.15, 0.2) is 72.8 Å². The van der Waals surface area contributed by atoms with Gasteiger partial charge in [0.25, 0.3) is 0 Å². The van der Waals surface area contributed by atoms with Gasteiger partial charge < -0.3 is 19.3 Å². The predicted octanol–water partition coefficient (Wildman–Crippen LogP) is 6.53.